The average molecular weight is 154 g/mol. The van der Waals surface area contributed by atoms with Gasteiger partial charge in [-0.2, -0.15) is 9.90 Å². The molecule has 5 heavy (non-hydrogen) atoms. The maximum Gasteiger partial charge on any atom is 0.180 e. The number of hydrogen-bond acceptors (Lipinski definition) is 0. The Morgan fingerprint density at radius 3 is 1.40 bits per heavy atom. The van der Waals surface area contributed by atoms with Crippen LogP contribution in [0.5, 0.6) is 0 Å². The molecule has 0 saturated heterocycles. The third-order valence-corrected chi connectivity index (χ3v) is 0. The Labute approximate surface area is 50.8 Å². The monoisotopic (exact) mass is 153 g/mol. The Morgan fingerprint density at radius 2 is 1.40 bits per heavy atom. The van der Waals surface area contributed by atoms with Gasteiger partial charge in [0.1, 0.15) is 0 Å². The molecule has 0 aromatic carbocycles. The highest BCUT2D eigenvalue weighted by Gasteiger charge is 1.78. The molecule has 0 aliphatic carbocycles. The zero-order valence-electron chi connectivity index (χ0n) is 3.34. The lowest BCUT2D eigenvalue weighted by Gasteiger charge is -1.69. The lowest BCUT2D eigenvalue weighted by molar-refractivity contribution is 1.96. The minimum Gasteiger partial charge on any atom is -0.153 e. The Kier molecular flexibility index (Phi) is 6.68. The Bertz CT molecular complexity index is 26.3. The largest absolute Gasteiger partial charge is 0.180 e. The highest BCUT2D eigenvalue weighted by Crippen LogP contribution is 2.03. The van der Waals surface area contributed by atoms with Crippen molar-refractivity contribution in [3.8, 4) is 0 Å². The van der Waals surface area contributed by atoms with Crippen molar-refractivity contribution >= 4 is 44.7 Å². The molecule has 0 aromatic rings. The van der Waals surface area contributed by atoms with E-state index < -0.39 is 4.27 Å². The predicted octanol–water partition coefficient (Wildman–Crippen LogP) is 2.04. The van der Waals surface area contributed by atoms with E-state index in [2.05, 4.69) is 0 Å². The molecule has 0 rings (SSSR count). The molecule has 0 fully saturated rings. The summed E-state index contributed by atoms with van der Waals surface area (Å²) in [5.41, 5.74) is 0. The number of halogens is 3. The van der Waals surface area contributed by atoms with Gasteiger partial charge in [0.05, 0.1) is 1.37 Å². The summed E-state index contributed by atoms with van der Waals surface area (Å²) in [6, 6.07) is 0. The first-order valence-electron chi connectivity index (χ1n) is 1.07. The van der Waals surface area contributed by atoms with Crippen molar-refractivity contribution in [1.29, 1.82) is 0 Å². The van der Waals surface area contributed by atoms with E-state index in [1.807, 2.05) is 0 Å². The first kappa shape index (κ1) is 6.30. The minimum absolute atomic E-state index is 0. The summed E-state index contributed by atoms with van der Waals surface area (Å²) in [5, 5.41) is 0. The van der Waals surface area contributed by atoms with Crippen LogP contribution in [0.25, 0.3) is 0 Å². The molecule has 0 amide bonds. The molecule has 0 nitrogen and oxygen atoms in total. The first-order valence-corrected chi connectivity index (χ1v) is 1.70. The molecule has 4 heteroatoms. The summed E-state index contributed by atoms with van der Waals surface area (Å²) in [4.78, 5) is 0. The zero-order valence-corrected chi connectivity index (χ0v) is 6.02. The molecule has 1 unspecified atom stereocenters. The topological polar surface area (TPSA) is 0 Å². The fraction of sp³-hybridized carbons (Fsp3) is 1.00. The van der Waals surface area contributed by atoms with Crippen LogP contribution >= 0.6 is 44.7 Å². The third kappa shape index (κ3) is 34.2. The van der Waals surface area contributed by atoms with Crippen molar-refractivity contribution in [2.24, 2.45) is 0 Å². The van der Waals surface area contributed by atoms with E-state index >= 15 is 0 Å². The van der Waals surface area contributed by atoms with E-state index in [1.165, 1.54) is 0 Å². The van der Waals surface area contributed by atoms with Gasteiger partial charge in [-0.25, -0.2) is 0 Å². The number of alkyl halides is 3. The second-order valence-corrected chi connectivity index (χ2v) is 1.93. The standard InChI is InChI=1S/CHCl3.H3P/c2-1(3)4;/h1H;1H3/i1D;. The summed E-state index contributed by atoms with van der Waals surface area (Å²) in [7, 11) is 0. The van der Waals surface area contributed by atoms with Gasteiger partial charge in [-0.05, 0) is 0 Å². The van der Waals surface area contributed by atoms with Gasteiger partial charge in [-0.15, -0.1) is 0 Å². The van der Waals surface area contributed by atoms with E-state index in [0.717, 1.165) is 0 Å². The molecule has 0 spiro atoms. The zero-order chi connectivity index (χ0) is 4.50. The van der Waals surface area contributed by atoms with Gasteiger partial charge >= 0.3 is 0 Å². The Morgan fingerprint density at radius 1 is 1.40 bits per heavy atom. The highest BCUT2D eigenvalue weighted by atomic mass is 35.6. The van der Waals surface area contributed by atoms with Crippen LogP contribution in [0.15, 0.2) is 0 Å². The summed E-state index contributed by atoms with van der Waals surface area (Å²) >= 11 is 14.2. The maximum atomic E-state index is 6.23. The van der Waals surface area contributed by atoms with Crippen molar-refractivity contribution in [2.75, 3.05) is 0 Å². The van der Waals surface area contributed by atoms with Crippen LogP contribution < -0.4 is 0 Å². The molecule has 0 heterocycles. The molecule has 0 aliphatic rings. The maximum absolute atomic E-state index is 6.23. The van der Waals surface area contributed by atoms with Crippen molar-refractivity contribution < 1.29 is 1.37 Å². The van der Waals surface area contributed by atoms with E-state index in [-0.39, 0.29) is 9.90 Å². The van der Waals surface area contributed by atoms with E-state index in [9.17, 15) is 0 Å². The molecule has 0 bridgehead atoms. The van der Waals surface area contributed by atoms with Crippen LogP contribution in [-0.4, -0.2) is 4.27 Å². The lowest BCUT2D eigenvalue weighted by atomic mass is 11.9. The van der Waals surface area contributed by atoms with Gasteiger partial charge < -0.3 is 0 Å². The molecular formula is CH4Cl3P. The van der Waals surface area contributed by atoms with Gasteiger partial charge in [-0.3, -0.25) is 0 Å². The second-order valence-electron chi connectivity index (χ2n) is 0.214. The average Bonchev–Trinajstić information content (AvgIpc) is 0.722. The summed E-state index contributed by atoms with van der Waals surface area (Å²) < 4.78 is 4.40. The van der Waals surface area contributed by atoms with Crippen molar-refractivity contribution in [3.63, 3.8) is 0 Å². The minimum atomic E-state index is -1.83. The molecule has 0 aromatic heterocycles. The summed E-state index contributed by atoms with van der Waals surface area (Å²) in [6.45, 7) is 0. The first-order chi connectivity index (χ1) is 2.00. The fourth-order valence-corrected chi connectivity index (χ4v) is 0. The van der Waals surface area contributed by atoms with Crippen LogP contribution in [0.2, 0.25) is 0 Å². The Balaban J connectivity index is 0. The number of rotatable bonds is 0. The van der Waals surface area contributed by atoms with Gasteiger partial charge in [0.25, 0.3) is 0 Å². The molecule has 0 aliphatic heterocycles. The van der Waals surface area contributed by atoms with Crippen LogP contribution in [-0.2, 0) is 0 Å². The van der Waals surface area contributed by atoms with Crippen LogP contribution in [0.3, 0.4) is 0 Å². The fourth-order valence-electron chi connectivity index (χ4n) is 0. The summed E-state index contributed by atoms with van der Waals surface area (Å²) in [6.07, 6.45) is 0. The van der Waals surface area contributed by atoms with Crippen LogP contribution in [0.1, 0.15) is 1.37 Å². The molecule has 1 atom stereocenters. The van der Waals surface area contributed by atoms with Crippen molar-refractivity contribution in [3.05, 3.63) is 0 Å². The van der Waals surface area contributed by atoms with Gasteiger partial charge in [-0.1, -0.05) is 34.8 Å². The van der Waals surface area contributed by atoms with Crippen molar-refractivity contribution in [1.82, 2.24) is 0 Å². The summed E-state index contributed by atoms with van der Waals surface area (Å²) in [5.74, 6) is 0. The van der Waals surface area contributed by atoms with E-state index in [0.29, 0.717) is 0 Å². The molecule has 0 radical (unpaired) electrons. The smallest absolute Gasteiger partial charge is 0.153 e. The van der Waals surface area contributed by atoms with Gasteiger partial charge in [0, 0.05) is 0 Å². The molecule has 0 saturated carbocycles. The van der Waals surface area contributed by atoms with Crippen LogP contribution in [0, 0.1) is 0 Å². The van der Waals surface area contributed by atoms with Crippen LogP contribution in [0.4, 0.5) is 0 Å². The molecule has 34 valence electrons. The molecular weight excluding hydrogens is 149 g/mol. The molecule has 0 N–H and O–H groups in total. The lowest BCUT2D eigenvalue weighted by Crippen LogP contribution is -1.55. The second kappa shape index (κ2) is 5.30. The quantitative estimate of drug-likeness (QED) is 0.370. The Hall–Kier alpha value is 1.30. The SMILES string of the molecule is P.[2H]C(Cl)(Cl)Cl. The van der Waals surface area contributed by atoms with E-state index in [4.69, 9.17) is 36.2 Å². The van der Waals surface area contributed by atoms with Gasteiger partial charge in [0.15, 0.2) is 4.27 Å². The predicted molar refractivity (Wildman–Crippen MR) is 32.5 cm³/mol. The van der Waals surface area contributed by atoms with Crippen molar-refractivity contribution in [2.45, 2.75) is 4.27 Å². The highest BCUT2D eigenvalue weighted by molar-refractivity contribution is 6.92. The third-order valence-electron chi connectivity index (χ3n) is 0. The number of hydrogen-bond donors (Lipinski definition) is 0. The van der Waals surface area contributed by atoms with Gasteiger partial charge in [0.2, 0.25) is 0 Å². The normalized spacial score (nSPS) is 12.2. The van der Waals surface area contributed by atoms with E-state index in [1.54, 1.807) is 0 Å².